The fourth-order valence-electron chi connectivity index (χ4n) is 3.21. The van der Waals surface area contributed by atoms with E-state index in [4.69, 9.17) is 0 Å². The Balaban J connectivity index is 1.70. The Kier molecular flexibility index (Phi) is 4.31. The Labute approximate surface area is 133 Å². The fraction of sp³-hybridized carbons (Fsp3) is 0.600. The Bertz CT molecular complexity index is 743. The zero-order valence-electron chi connectivity index (χ0n) is 13.5. The molecule has 0 aliphatic heterocycles. The summed E-state index contributed by atoms with van der Waals surface area (Å²) in [5, 5.41) is 9.65. The molecular weight excluding hydrogens is 296 g/mol. The quantitative estimate of drug-likeness (QED) is 0.851. The third-order valence-electron chi connectivity index (χ3n) is 4.58. The zero-order chi connectivity index (χ0) is 16.4. The topological polar surface area (TPSA) is 97.6 Å². The number of H-pyrrole nitrogens is 1. The molecule has 2 heterocycles. The van der Waals surface area contributed by atoms with Crippen LogP contribution in [0, 0.1) is 5.92 Å². The first kappa shape index (κ1) is 15.5. The number of hydrogen-bond acceptors (Lipinski definition) is 4. The van der Waals surface area contributed by atoms with Crippen LogP contribution >= 0.6 is 0 Å². The molecule has 1 amide bonds. The average Bonchev–Trinajstić information content (AvgIpc) is 3.10. The Morgan fingerprint density at radius 2 is 2.17 bits per heavy atom. The van der Waals surface area contributed by atoms with Gasteiger partial charge in [0.15, 0.2) is 0 Å². The number of nitrogens with one attached hydrogen (secondary N) is 2. The minimum atomic E-state index is -0.204. The molecule has 0 bridgehead atoms. The summed E-state index contributed by atoms with van der Waals surface area (Å²) < 4.78 is 3.29. The third kappa shape index (κ3) is 3.35. The summed E-state index contributed by atoms with van der Waals surface area (Å²) in [6.45, 7) is 0. The van der Waals surface area contributed by atoms with Crippen LogP contribution in [0.25, 0.3) is 0 Å². The molecule has 8 nitrogen and oxygen atoms in total. The molecule has 3 rings (SSSR count). The van der Waals surface area contributed by atoms with Crippen LogP contribution in [0.5, 0.6) is 0 Å². The molecule has 8 heteroatoms. The van der Waals surface area contributed by atoms with Gasteiger partial charge in [0.1, 0.15) is 11.5 Å². The number of aryl methyl sites for hydroxylation is 1. The highest BCUT2D eigenvalue weighted by Crippen LogP contribution is 2.27. The number of amides is 1. The van der Waals surface area contributed by atoms with Crippen molar-refractivity contribution in [3.63, 3.8) is 0 Å². The zero-order valence-corrected chi connectivity index (χ0v) is 13.5. The van der Waals surface area contributed by atoms with E-state index < -0.39 is 0 Å². The standard InChI is InChI=1S/C15H22N6O2/c1-20-8-12(16-9-20)14(22)17-11-6-4-3-5-10(11)7-13-18-19-15(23)21(13)2/h8-11H,3-7H2,1-2H3,(H,17,22)(H,19,23)/t10-,11-/m1/s1. The lowest BCUT2D eigenvalue weighted by atomic mass is 9.82. The van der Waals surface area contributed by atoms with Gasteiger partial charge in [-0.25, -0.2) is 14.9 Å². The highest BCUT2D eigenvalue weighted by molar-refractivity contribution is 5.92. The molecule has 1 saturated carbocycles. The van der Waals surface area contributed by atoms with Crippen LogP contribution in [-0.4, -0.2) is 36.3 Å². The van der Waals surface area contributed by atoms with Gasteiger partial charge in [-0.1, -0.05) is 12.8 Å². The van der Waals surface area contributed by atoms with E-state index in [9.17, 15) is 9.59 Å². The normalized spacial score (nSPS) is 21.3. The number of aromatic amines is 1. The average molecular weight is 318 g/mol. The summed E-state index contributed by atoms with van der Waals surface area (Å²) in [5.74, 6) is 0.878. The SMILES string of the molecule is Cn1cnc(C(=O)N[C@@H]2CCCC[C@@H]2Cc2n[nH]c(=O)n2C)c1. The van der Waals surface area contributed by atoms with Crippen molar-refractivity contribution in [2.75, 3.05) is 0 Å². The van der Waals surface area contributed by atoms with Crippen molar-refractivity contribution in [3.8, 4) is 0 Å². The molecule has 124 valence electrons. The van der Waals surface area contributed by atoms with Crippen molar-refractivity contribution in [2.24, 2.45) is 20.0 Å². The Morgan fingerprint density at radius 3 is 2.83 bits per heavy atom. The Morgan fingerprint density at radius 1 is 1.39 bits per heavy atom. The summed E-state index contributed by atoms with van der Waals surface area (Å²) in [6.07, 6.45) is 8.22. The second-order valence-electron chi connectivity index (χ2n) is 6.26. The second-order valence-corrected chi connectivity index (χ2v) is 6.26. The molecule has 2 atom stereocenters. The van der Waals surface area contributed by atoms with Crippen LogP contribution in [-0.2, 0) is 20.5 Å². The van der Waals surface area contributed by atoms with Gasteiger partial charge in [0.05, 0.1) is 6.33 Å². The van der Waals surface area contributed by atoms with Gasteiger partial charge in [0, 0.05) is 32.8 Å². The lowest BCUT2D eigenvalue weighted by molar-refractivity contribution is 0.0900. The smallest absolute Gasteiger partial charge is 0.343 e. The number of carbonyl (C=O) groups is 1. The highest BCUT2D eigenvalue weighted by atomic mass is 16.2. The van der Waals surface area contributed by atoms with Gasteiger partial charge in [-0.2, -0.15) is 5.10 Å². The van der Waals surface area contributed by atoms with E-state index in [0.29, 0.717) is 12.1 Å². The largest absolute Gasteiger partial charge is 0.348 e. The van der Waals surface area contributed by atoms with Crippen molar-refractivity contribution in [2.45, 2.75) is 38.1 Å². The number of hydrogen-bond donors (Lipinski definition) is 2. The summed E-state index contributed by atoms with van der Waals surface area (Å²) in [5.41, 5.74) is 0.230. The predicted octanol–water partition coefficient (Wildman–Crippen LogP) is 0.373. The fourth-order valence-corrected chi connectivity index (χ4v) is 3.21. The van der Waals surface area contributed by atoms with E-state index >= 15 is 0 Å². The first-order valence-electron chi connectivity index (χ1n) is 7.93. The highest BCUT2D eigenvalue weighted by Gasteiger charge is 2.28. The van der Waals surface area contributed by atoms with Crippen molar-refractivity contribution < 1.29 is 4.79 Å². The van der Waals surface area contributed by atoms with Crippen LogP contribution in [0.1, 0.15) is 42.0 Å². The maximum Gasteiger partial charge on any atom is 0.343 e. The van der Waals surface area contributed by atoms with Gasteiger partial charge in [-0.3, -0.25) is 9.36 Å². The van der Waals surface area contributed by atoms with Gasteiger partial charge in [0.25, 0.3) is 5.91 Å². The molecule has 1 aliphatic rings. The maximum absolute atomic E-state index is 12.3. The summed E-state index contributed by atoms with van der Waals surface area (Å²) in [4.78, 5) is 27.9. The molecule has 0 unspecified atom stereocenters. The van der Waals surface area contributed by atoms with Gasteiger partial charge < -0.3 is 9.88 Å². The van der Waals surface area contributed by atoms with Crippen molar-refractivity contribution in [1.29, 1.82) is 0 Å². The molecule has 23 heavy (non-hydrogen) atoms. The third-order valence-corrected chi connectivity index (χ3v) is 4.58. The van der Waals surface area contributed by atoms with Gasteiger partial charge >= 0.3 is 5.69 Å². The number of imidazole rings is 1. The molecule has 0 spiro atoms. The number of rotatable bonds is 4. The molecule has 2 aromatic rings. The molecule has 2 aromatic heterocycles. The van der Waals surface area contributed by atoms with E-state index in [0.717, 1.165) is 31.5 Å². The molecule has 0 aromatic carbocycles. The summed E-state index contributed by atoms with van der Waals surface area (Å²) in [7, 11) is 3.55. The van der Waals surface area contributed by atoms with E-state index in [-0.39, 0.29) is 23.6 Å². The first-order valence-corrected chi connectivity index (χ1v) is 7.93. The summed E-state index contributed by atoms with van der Waals surface area (Å²) >= 11 is 0. The van der Waals surface area contributed by atoms with E-state index in [1.54, 1.807) is 24.1 Å². The van der Waals surface area contributed by atoms with Crippen LogP contribution < -0.4 is 11.0 Å². The van der Waals surface area contributed by atoms with Crippen molar-refractivity contribution >= 4 is 5.91 Å². The molecular formula is C15H22N6O2. The minimum Gasteiger partial charge on any atom is -0.348 e. The monoisotopic (exact) mass is 318 g/mol. The van der Waals surface area contributed by atoms with Crippen LogP contribution in [0.2, 0.25) is 0 Å². The minimum absolute atomic E-state index is 0.0880. The molecule has 1 fully saturated rings. The van der Waals surface area contributed by atoms with Crippen molar-refractivity contribution in [3.05, 3.63) is 34.5 Å². The van der Waals surface area contributed by atoms with Crippen LogP contribution in [0.4, 0.5) is 0 Å². The van der Waals surface area contributed by atoms with Gasteiger partial charge in [-0.15, -0.1) is 0 Å². The number of nitrogens with zero attached hydrogens (tertiary/aromatic N) is 4. The molecule has 0 saturated heterocycles. The first-order chi connectivity index (χ1) is 11.0. The van der Waals surface area contributed by atoms with E-state index in [1.165, 1.54) is 4.57 Å². The number of carbonyl (C=O) groups excluding carboxylic acids is 1. The lowest BCUT2D eigenvalue weighted by Gasteiger charge is -2.31. The second kappa shape index (κ2) is 6.39. The van der Waals surface area contributed by atoms with Gasteiger partial charge in [0.2, 0.25) is 0 Å². The molecule has 2 N–H and O–H groups in total. The summed E-state index contributed by atoms with van der Waals surface area (Å²) in [6, 6.07) is 0.0880. The van der Waals surface area contributed by atoms with Crippen LogP contribution in [0.15, 0.2) is 17.3 Å². The molecule has 0 radical (unpaired) electrons. The van der Waals surface area contributed by atoms with E-state index in [1.807, 2.05) is 7.05 Å². The lowest BCUT2D eigenvalue weighted by Crippen LogP contribution is -2.43. The molecule has 1 aliphatic carbocycles. The Hall–Kier alpha value is -2.38. The number of aromatic nitrogens is 5. The van der Waals surface area contributed by atoms with Crippen LogP contribution in [0.3, 0.4) is 0 Å². The maximum atomic E-state index is 12.3. The van der Waals surface area contributed by atoms with Crippen molar-refractivity contribution in [1.82, 2.24) is 29.6 Å². The predicted molar refractivity (Wildman–Crippen MR) is 84.0 cm³/mol. The van der Waals surface area contributed by atoms with E-state index in [2.05, 4.69) is 20.5 Å². The van der Waals surface area contributed by atoms with Gasteiger partial charge in [-0.05, 0) is 18.8 Å².